The third-order valence-electron chi connectivity index (χ3n) is 3.01. The van der Waals surface area contributed by atoms with Crippen molar-refractivity contribution in [3.63, 3.8) is 0 Å². The lowest BCUT2D eigenvalue weighted by Crippen LogP contribution is -2.39. The van der Waals surface area contributed by atoms with E-state index in [0.717, 1.165) is 6.42 Å². The number of likely N-dealkylation sites (tertiary alicyclic amines) is 1. The van der Waals surface area contributed by atoms with Gasteiger partial charge in [-0.25, -0.2) is 13.2 Å². The molecule has 0 aromatic rings. The number of rotatable bonds is 4. The number of allylic oxidation sites excluding steroid dienone is 1. The van der Waals surface area contributed by atoms with Gasteiger partial charge >= 0.3 is 6.03 Å². The smallest absolute Gasteiger partial charge is 0.317 e. The van der Waals surface area contributed by atoms with Crippen LogP contribution in [0, 0.1) is 0 Å². The van der Waals surface area contributed by atoms with E-state index in [4.69, 9.17) is 0 Å². The molecule has 1 aliphatic rings. The Kier molecular flexibility index (Phi) is 5.19. The van der Waals surface area contributed by atoms with Crippen LogP contribution in [0.5, 0.6) is 0 Å². The number of hydrogen-bond acceptors (Lipinski definition) is 3. The minimum atomic E-state index is -3.04. The van der Waals surface area contributed by atoms with E-state index in [-0.39, 0.29) is 6.03 Å². The summed E-state index contributed by atoms with van der Waals surface area (Å²) in [6.07, 6.45) is 4.63. The molecule has 2 amide bonds. The maximum absolute atomic E-state index is 11.8. The molecule has 0 aliphatic carbocycles. The predicted octanol–water partition coefficient (Wildman–Crippen LogP) is 1.17. The number of amides is 2. The Hall–Kier alpha value is -1.04. The highest BCUT2D eigenvalue weighted by molar-refractivity contribution is 7.91. The van der Waals surface area contributed by atoms with Gasteiger partial charge in [-0.05, 0) is 26.7 Å². The molecule has 0 bridgehead atoms. The monoisotopic (exact) mass is 274 g/mol. The summed E-state index contributed by atoms with van der Waals surface area (Å²) in [5.74, 6) is 0. The summed E-state index contributed by atoms with van der Waals surface area (Å²) < 4.78 is 22.7. The van der Waals surface area contributed by atoms with Crippen LogP contribution in [0.1, 0.15) is 26.7 Å². The zero-order valence-corrected chi connectivity index (χ0v) is 12.1. The van der Waals surface area contributed by atoms with Gasteiger partial charge in [0.15, 0.2) is 9.84 Å². The third kappa shape index (κ3) is 4.68. The zero-order valence-electron chi connectivity index (χ0n) is 11.3. The van der Waals surface area contributed by atoms with Crippen molar-refractivity contribution in [2.75, 3.05) is 25.9 Å². The van der Waals surface area contributed by atoms with Gasteiger partial charge in [0.2, 0.25) is 0 Å². The number of hydrogen-bond donors (Lipinski definition) is 1. The van der Waals surface area contributed by atoms with Crippen LogP contribution >= 0.6 is 0 Å². The lowest BCUT2D eigenvalue weighted by Gasteiger charge is -2.16. The van der Waals surface area contributed by atoms with Crippen molar-refractivity contribution >= 4 is 15.9 Å². The first-order valence-corrected chi connectivity index (χ1v) is 8.11. The molecule has 1 rings (SSSR count). The first-order chi connectivity index (χ1) is 8.30. The van der Waals surface area contributed by atoms with Gasteiger partial charge in [0.05, 0.1) is 5.25 Å². The quantitative estimate of drug-likeness (QED) is 0.618. The molecule has 1 heterocycles. The molecule has 0 aromatic heterocycles. The Balaban J connectivity index is 2.35. The molecule has 1 N–H and O–H groups in total. The van der Waals surface area contributed by atoms with E-state index in [1.54, 1.807) is 4.90 Å². The molecule has 0 saturated carbocycles. The standard InChI is InChI=1S/C12H22N2O3S/c1-10(2)5-4-7-13-12(15)14-8-6-11(9-14)18(3,16)17/h5,11H,4,6-9H2,1-3H3,(H,13,15)/t11-/m0/s1. The largest absolute Gasteiger partial charge is 0.338 e. The average Bonchev–Trinajstić information content (AvgIpc) is 2.72. The lowest BCUT2D eigenvalue weighted by molar-refractivity contribution is 0.209. The number of urea groups is 1. The van der Waals surface area contributed by atoms with Crippen molar-refractivity contribution < 1.29 is 13.2 Å². The fraction of sp³-hybridized carbons (Fsp3) is 0.750. The second-order valence-corrected chi connectivity index (χ2v) is 7.31. The Morgan fingerprint density at radius 2 is 2.11 bits per heavy atom. The van der Waals surface area contributed by atoms with Crippen molar-refractivity contribution in [1.29, 1.82) is 0 Å². The minimum Gasteiger partial charge on any atom is -0.338 e. The number of carbonyl (C=O) groups excluding carboxylic acids is 1. The average molecular weight is 274 g/mol. The molecular weight excluding hydrogens is 252 g/mol. The summed E-state index contributed by atoms with van der Waals surface area (Å²) in [4.78, 5) is 13.3. The summed E-state index contributed by atoms with van der Waals surface area (Å²) in [5.41, 5.74) is 1.22. The van der Waals surface area contributed by atoms with Gasteiger partial charge in [-0.3, -0.25) is 0 Å². The van der Waals surface area contributed by atoms with Crippen LogP contribution in [-0.4, -0.2) is 50.5 Å². The van der Waals surface area contributed by atoms with E-state index in [1.807, 2.05) is 13.8 Å². The molecule has 6 heteroatoms. The van der Waals surface area contributed by atoms with Gasteiger partial charge in [0.1, 0.15) is 0 Å². The molecule has 1 saturated heterocycles. The Morgan fingerprint density at radius 1 is 1.44 bits per heavy atom. The van der Waals surface area contributed by atoms with Crippen LogP contribution in [-0.2, 0) is 9.84 Å². The van der Waals surface area contributed by atoms with Gasteiger partial charge in [0, 0.05) is 25.9 Å². The summed E-state index contributed by atoms with van der Waals surface area (Å²) in [7, 11) is -3.04. The van der Waals surface area contributed by atoms with Crippen LogP contribution < -0.4 is 5.32 Å². The van der Waals surface area contributed by atoms with Crippen molar-refractivity contribution in [1.82, 2.24) is 10.2 Å². The highest BCUT2D eigenvalue weighted by atomic mass is 32.2. The molecule has 1 fully saturated rings. The van der Waals surface area contributed by atoms with Crippen LogP contribution in [0.25, 0.3) is 0 Å². The van der Waals surface area contributed by atoms with Crippen LogP contribution in [0.2, 0.25) is 0 Å². The number of nitrogens with zero attached hydrogens (tertiary/aromatic N) is 1. The van der Waals surface area contributed by atoms with Gasteiger partial charge in [-0.1, -0.05) is 11.6 Å². The molecule has 1 aliphatic heterocycles. The highest BCUT2D eigenvalue weighted by Gasteiger charge is 2.32. The molecule has 1 atom stereocenters. The van der Waals surface area contributed by atoms with Crippen LogP contribution in [0.3, 0.4) is 0 Å². The van der Waals surface area contributed by atoms with E-state index >= 15 is 0 Å². The third-order valence-corrected chi connectivity index (χ3v) is 4.61. The molecule has 5 nitrogen and oxygen atoms in total. The lowest BCUT2D eigenvalue weighted by atomic mass is 10.3. The van der Waals surface area contributed by atoms with E-state index in [0.29, 0.717) is 26.1 Å². The van der Waals surface area contributed by atoms with Gasteiger partial charge in [-0.15, -0.1) is 0 Å². The number of sulfone groups is 1. The first kappa shape index (κ1) is 15.0. The maximum atomic E-state index is 11.8. The summed E-state index contributed by atoms with van der Waals surface area (Å²) in [5, 5.41) is 2.40. The van der Waals surface area contributed by atoms with Gasteiger partial charge < -0.3 is 10.2 Å². The SMILES string of the molecule is CC(C)=CCCNC(=O)N1CC[C@H](S(C)(=O)=O)C1. The first-order valence-electron chi connectivity index (χ1n) is 6.15. The molecule has 0 radical (unpaired) electrons. The Bertz CT molecular complexity index is 425. The van der Waals surface area contributed by atoms with E-state index in [1.165, 1.54) is 11.8 Å². The Morgan fingerprint density at radius 3 is 2.61 bits per heavy atom. The number of carbonyl (C=O) groups is 1. The van der Waals surface area contributed by atoms with E-state index in [9.17, 15) is 13.2 Å². The molecule has 0 aromatic carbocycles. The molecular formula is C12H22N2O3S. The fourth-order valence-electron chi connectivity index (χ4n) is 1.91. The second kappa shape index (κ2) is 6.22. The molecule has 104 valence electrons. The predicted molar refractivity (Wildman–Crippen MR) is 72.3 cm³/mol. The second-order valence-electron chi connectivity index (χ2n) is 4.99. The van der Waals surface area contributed by atoms with Gasteiger partial charge in [-0.2, -0.15) is 0 Å². The summed E-state index contributed by atoms with van der Waals surface area (Å²) in [6, 6.07) is -0.164. The molecule has 0 spiro atoms. The van der Waals surface area contributed by atoms with Gasteiger partial charge in [0.25, 0.3) is 0 Å². The molecule has 0 unspecified atom stereocenters. The normalized spacial score (nSPS) is 19.7. The zero-order chi connectivity index (χ0) is 13.8. The van der Waals surface area contributed by atoms with Crippen molar-refractivity contribution in [3.8, 4) is 0 Å². The van der Waals surface area contributed by atoms with E-state index in [2.05, 4.69) is 11.4 Å². The highest BCUT2D eigenvalue weighted by Crippen LogP contribution is 2.15. The molecule has 18 heavy (non-hydrogen) atoms. The fourth-order valence-corrected chi connectivity index (χ4v) is 2.90. The van der Waals surface area contributed by atoms with Crippen molar-refractivity contribution in [2.45, 2.75) is 31.9 Å². The maximum Gasteiger partial charge on any atom is 0.317 e. The van der Waals surface area contributed by atoms with E-state index < -0.39 is 15.1 Å². The number of nitrogens with one attached hydrogen (secondary N) is 1. The van der Waals surface area contributed by atoms with Crippen molar-refractivity contribution in [3.05, 3.63) is 11.6 Å². The summed E-state index contributed by atoms with van der Waals surface area (Å²) >= 11 is 0. The topological polar surface area (TPSA) is 66.5 Å². The minimum absolute atomic E-state index is 0.164. The van der Waals surface area contributed by atoms with Crippen LogP contribution in [0.15, 0.2) is 11.6 Å². The summed E-state index contributed by atoms with van der Waals surface area (Å²) in [6.45, 7) is 5.45. The van der Waals surface area contributed by atoms with Crippen LogP contribution in [0.4, 0.5) is 4.79 Å². The van der Waals surface area contributed by atoms with Crippen molar-refractivity contribution in [2.24, 2.45) is 0 Å². The Labute approximate surface area is 109 Å².